The van der Waals surface area contributed by atoms with Gasteiger partial charge in [0.25, 0.3) is 0 Å². The van der Waals surface area contributed by atoms with Gasteiger partial charge < -0.3 is 10.6 Å². The summed E-state index contributed by atoms with van der Waals surface area (Å²) in [6.45, 7) is 4.75. The summed E-state index contributed by atoms with van der Waals surface area (Å²) in [6.07, 6.45) is 11.6. The van der Waals surface area contributed by atoms with E-state index < -0.39 is 0 Å². The first-order valence-electron chi connectivity index (χ1n) is 7.32. The van der Waals surface area contributed by atoms with Gasteiger partial charge in [-0.25, -0.2) is 0 Å². The molecule has 1 heterocycles. The fourth-order valence-electron chi connectivity index (χ4n) is 3.57. The number of hydrogen-bond acceptors (Lipinski definition) is 2. The molecule has 0 spiro atoms. The monoisotopic (exact) mass is 224 g/mol. The Balaban J connectivity index is 1.67. The van der Waals surface area contributed by atoms with E-state index in [1.807, 2.05) is 0 Å². The summed E-state index contributed by atoms with van der Waals surface area (Å²) in [6, 6.07) is 0. The molecule has 2 rings (SSSR count). The van der Waals surface area contributed by atoms with E-state index in [0.717, 1.165) is 18.4 Å². The second-order valence-corrected chi connectivity index (χ2v) is 5.72. The Morgan fingerprint density at radius 3 is 2.12 bits per heavy atom. The van der Waals surface area contributed by atoms with Crippen molar-refractivity contribution in [2.24, 2.45) is 17.6 Å². The summed E-state index contributed by atoms with van der Waals surface area (Å²) in [5.41, 5.74) is 5.56. The van der Waals surface area contributed by atoms with Gasteiger partial charge in [0.15, 0.2) is 0 Å². The van der Waals surface area contributed by atoms with Gasteiger partial charge in [-0.15, -0.1) is 0 Å². The lowest BCUT2D eigenvalue weighted by molar-refractivity contribution is 0.127. The average Bonchev–Trinajstić information content (AvgIpc) is 2.38. The van der Waals surface area contributed by atoms with Crippen LogP contribution in [0.25, 0.3) is 0 Å². The number of likely N-dealkylation sites (tertiary alicyclic amines) is 1. The van der Waals surface area contributed by atoms with E-state index >= 15 is 0 Å². The summed E-state index contributed by atoms with van der Waals surface area (Å²) >= 11 is 0. The van der Waals surface area contributed by atoms with Gasteiger partial charge in [-0.1, -0.05) is 32.1 Å². The lowest BCUT2D eigenvalue weighted by Gasteiger charge is -2.37. The van der Waals surface area contributed by atoms with E-state index in [1.54, 1.807) is 0 Å². The van der Waals surface area contributed by atoms with Gasteiger partial charge in [-0.3, -0.25) is 0 Å². The summed E-state index contributed by atoms with van der Waals surface area (Å²) in [5.74, 6) is 2.12. The standard InChI is InChI=1S/C14H28N2/c15-9-4-10-16-11-7-14(8-12-16)13-5-2-1-3-6-13/h13-14H,1-12,15H2. The Hall–Kier alpha value is -0.0800. The highest BCUT2D eigenvalue weighted by Gasteiger charge is 2.27. The molecule has 0 aromatic carbocycles. The third kappa shape index (κ3) is 3.46. The summed E-state index contributed by atoms with van der Waals surface area (Å²) in [5, 5.41) is 0. The van der Waals surface area contributed by atoms with Crippen LogP contribution in [0.2, 0.25) is 0 Å². The zero-order valence-electron chi connectivity index (χ0n) is 10.7. The first-order valence-corrected chi connectivity index (χ1v) is 7.32. The van der Waals surface area contributed by atoms with E-state index in [4.69, 9.17) is 5.73 Å². The van der Waals surface area contributed by atoms with Crippen molar-refractivity contribution in [3.8, 4) is 0 Å². The number of piperidine rings is 1. The third-order valence-corrected chi connectivity index (χ3v) is 4.63. The maximum absolute atomic E-state index is 5.56. The second-order valence-electron chi connectivity index (χ2n) is 5.72. The van der Waals surface area contributed by atoms with Crippen molar-refractivity contribution in [1.29, 1.82) is 0 Å². The lowest BCUT2D eigenvalue weighted by atomic mass is 9.76. The van der Waals surface area contributed by atoms with E-state index in [2.05, 4.69) is 4.90 Å². The van der Waals surface area contributed by atoms with Gasteiger partial charge in [0, 0.05) is 0 Å². The average molecular weight is 224 g/mol. The molecule has 2 fully saturated rings. The van der Waals surface area contributed by atoms with Gasteiger partial charge in [0.05, 0.1) is 0 Å². The van der Waals surface area contributed by atoms with Gasteiger partial charge in [0.1, 0.15) is 0 Å². The quantitative estimate of drug-likeness (QED) is 0.795. The van der Waals surface area contributed by atoms with Crippen molar-refractivity contribution >= 4 is 0 Å². The number of hydrogen-bond donors (Lipinski definition) is 1. The first-order chi connectivity index (χ1) is 7.90. The molecule has 0 bridgehead atoms. The molecule has 0 unspecified atom stereocenters. The van der Waals surface area contributed by atoms with Crippen LogP contribution in [-0.2, 0) is 0 Å². The molecule has 1 aliphatic carbocycles. The van der Waals surface area contributed by atoms with Crippen LogP contribution in [0.3, 0.4) is 0 Å². The summed E-state index contributed by atoms with van der Waals surface area (Å²) in [4.78, 5) is 2.62. The van der Waals surface area contributed by atoms with Crippen molar-refractivity contribution < 1.29 is 0 Å². The Morgan fingerprint density at radius 1 is 0.875 bits per heavy atom. The molecule has 16 heavy (non-hydrogen) atoms. The molecule has 94 valence electrons. The van der Waals surface area contributed by atoms with Crippen LogP contribution in [0.1, 0.15) is 51.4 Å². The van der Waals surface area contributed by atoms with Crippen LogP contribution < -0.4 is 5.73 Å². The number of rotatable bonds is 4. The van der Waals surface area contributed by atoms with Crippen molar-refractivity contribution in [3.05, 3.63) is 0 Å². The van der Waals surface area contributed by atoms with Gasteiger partial charge in [-0.2, -0.15) is 0 Å². The predicted octanol–water partition coefficient (Wildman–Crippen LogP) is 2.63. The Labute approximate surface area is 101 Å². The summed E-state index contributed by atoms with van der Waals surface area (Å²) in [7, 11) is 0. The van der Waals surface area contributed by atoms with E-state index in [9.17, 15) is 0 Å². The molecular weight excluding hydrogens is 196 g/mol. The normalized spacial score (nSPS) is 26.1. The topological polar surface area (TPSA) is 29.3 Å². The van der Waals surface area contributed by atoms with E-state index in [1.165, 1.54) is 71.0 Å². The van der Waals surface area contributed by atoms with Crippen LogP contribution in [0, 0.1) is 11.8 Å². The minimum atomic E-state index is 0.850. The number of nitrogens with zero attached hydrogens (tertiary/aromatic N) is 1. The highest BCUT2D eigenvalue weighted by atomic mass is 15.1. The molecule has 2 N–H and O–H groups in total. The van der Waals surface area contributed by atoms with Crippen LogP contribution in [-0.4, -0.2) is 31.1 Å². The molecule has 0 aromatic heterocycles. The molecule has 0 aromatic rings. The van der Waals surface area contributed by atoms with E-state index in [0.29, 0.717) is 0 Å². The molecule has 0 atom stereocenters. The van der Waals surface area contributed by atoms with Gasteiger partial charge in [-0.05, 0) is 57.3 Å². The number of nitrogens with two attached hydrogens (primary N) is 1. The molecular formula is C14H28N2. The largest absolute Gasteiger partial charge is 0.330 e. The van der Waals surface area contributed by atoms with Gasteiger partial charge in [0.2, 0.25) is 0 Å². The van der Waals surface area contributed by atoms with E-state index in [-0.39, 0.29) is 0 Å². The Kier molecular flexibility index (Phi) is 5.11. The molecule has 0 radical (unpaired) electrons. The molecule has 2 nitrogen and oxygen atoms in total. The second kappa shape index (κ2) is 6.61. The fraction of sp³-hybridized carbons (Fsp3) is 1.00. The minimum Gasteiger partial charge on any atom is -0.330 e. The van der Waals surface area contributed by atoms with Crippen LogP contribution in [0.5, 0.6) is 0 Å². The maximum atomic E-state index is 5.56. The SMILES string of the molecule is NCCCN1CCC(C2CCCCC2)CC1. The van der Waals surface area contributed by atoms with Crippen LogP contribution in [0.4, 0.5) is 0 Å². The van der Waals surface area contributed by atoms with Crippen molar-refractivity contribution in [2.75, 3.05) is 26.2 Å². The molecule has 2 aliphatic rings. The van der Waals surface area contributed by atoms with Crippen molar-refractivity contribution in [2.45, 2.75) is 51.4 Å². The first kappa shape index (κ1) is 12.4. The zero-order valence-corrected chi connectivity index (χ0v) is 10.7. The maximum Gasteiger partial charge on any atom is -0.000671 e. The van der Waals surface area contributed by atoms with Crippen molar-refractivity contribution in [1.82, 2.24) is 4.90 Å². The predicted molar refractivity (Wildman–Crippen MR) is 69.4 cm³/mol. The Bertz CT molecular complexity index is 179. The smallest absolute Gasteiger partial charge is 0.000671 e. The lowest BCUT2D eigenvalue weighted by Crippen LogP contribution is -2.37. The minimum absolute atomic E-state index is 0.850. The highest BCUT2D eigenvalue weighted by Crippen LogP contribution is 2.35. The highest BCUT2D eigenvalue weighted by molar-refractivity contribution is 4.79. The molecule has 1 saturated heterocycles. The zero-order chi connectivity index (χ0) is 11.2. The third-order valence-electron chi connectivity index (χ3n) is 4.63. The van der Waals surface area contributed by atoms with Crippen LogP contribution in [0.15, 0.2) is 0 Å². The molecule has 1 saturated carbocycles. The summed E-state index contributed by atoms with van der Waals surface area (Å²) < 4.78 is 0. The van der Waals surface area contributed by atoms with Crippen molar-refractivity contribution in [3.63, 3.8) is 0 Å². The van der Waals surface area contributed by atoms with Crippen LogP contribution >= 0.6 is 0 Å². The molecule has 0 amide bonds. The molecule has 1 aliphatic heterocycles. The van der Waals surface area contributed by atoms with Gasteiger partial charge >= 0.3 is 0 Å². The fourth-order valence-corrected chi connectivity index (χ4v) is 3.57. The Morgan fingerprint density at radius 2 is 1.50 bits per heavy atom. The molecule has 2 heteroatoms.